The molecule has 0 spiro atoms. The van der Waals surface area contributed by atoms with E-state index in [2.05, 4.69) is 9.97 Å². The molecule has 0 amide bonds. The van der Waals surface area contributed by atoms with Crippen molar-refractivity contribution in [3.05, 3.63) is 17.5 Å². The number of carboxylic acids is 1. The minimum atomic E-state index is -4.57. The Kier molecular flexibility index (Phi) is 3.34. The Labute approximate surface area is 107 Å². The van der Waals surface area contributed by atoms with Crippen LogP contribution in [-0.4, -0.2) is 33.6 Å². The minimum absolute atomic E-state index is 0.161. The van der Waals surface area contributed by atoms with Crippen LogP contribution in [-0.2, 0) is 11.0 Å². The summed E-state index contributed by atoms with van der Waals surface area (Å²) < 4.78 is 38.0. The molecule has 0 saturated carbocycles. The molecule has 104 valence electrons. The average molecular weight is 275 g/mol. The van der Waals surface area contributed by atoms with Gasteiger partial charge in [0.05, 0.1) is 0 Å². The Hall–Kier alpha value is -1.86. The molecule has 1 aromatic rings. The summed E-state index contributed by atoms with van der Waals surface area (Å²) in [6.07, 6.45) is -3.59. The molecule has 2 rings (SSSR count). The molecule has 5 nitrogen and oxygen atoms in total. The van der Waals surface area contributed by atoms with Crippen LogP contribution in [0.15, 0.2) is 6.07 Å². The van der Waals surface area contributed by atoms with Gasteiger partial charge in [0.25, 0.3) is 0 Å². The highest BCUT2D eigenvalue weighted by atomic mass is 19.4. The maximum Gasteiger partial charge on any atom is 0.433 e. The van der Waals surface area contributed by atoms with E-state index in [0.29, 0.717) is 19.4 Å². The Morgan fingerprint density at radius 3 is 2.74 bits per heavy atom. The fourth-order valence-corrected chi connectivity index (χ4v) is 2.09. The molecule has 1 N–H and O–H groups in total. The third-order valence-corrected chi connectivity index (χ3v) is 2.93. The maximum absolute atomic E-state index is 12.7. The highest BCUT2D eigenvalue weighted by molar-refractivity contribution is 5.78. The first-order valence-electron chi connectivity index (χ1n) is 5.71. The topological polar surface area (TPSA) is 66.3 Å². The number of hydrogen-bond donors (Lipinski definition) is 1. The fourth-order valence-electron chi connectivity index (χ4n) is 2.09. The predicted octanol–water partition coefficient (Wildman–Crippen LogP) is 1.86. The highest BCUT2D eigenvalue weighted by Gasteiger charge is 2.36. The molecule has 1 aliphatic rings. The lowest BCUT2D eigenvalue weighted by Crippen LogP contribution is -2.37. The summed E-state index contributed by atoms with van der Waals surface area (Å²) in [4.78, 5) is 19.7. The third kappa shape index (κ3) is 2.77. The minimum Gasteiger partial charge on any atom is -0.480 e. The van der Waals surface area contributed by atoms with Gasteiger partial charge in [-0.1, -0.05) is 0 Å². The number of carbonyl (C=O) groups is 1. The van der Waals surface area contributed by atoms with Crippen LogP contribution in [0.3, 0.4) is 0 Å². The van der Waals surface area contributed by atoms with E-state index < -0.39 is 23.9 Å². The molecule has 1 aliphatic heterocycles. The summed E-state index contributed by atoms with van der Waals surface area (Å²) in [7, 11) is 0. The second-order valence-corrected chi connectivity index (χ2v) is 4.38. The molecule has 0 bridgehead atoms. The van der Waals surface area contributed by atoms with E-state index in [9.17, 15) is 18.0 Å². The van der Waals surface area contributed by atoms with E-state index in [-0.39, 0.29) is 11.6 Å². The number of anilines is 1. The van der Waals surface area contributed by atoms with E-state index in [1.807, 2.05) is 0 Å². The number of carboxylic acid groups (broad SMARTS) is 1. The first-order valence-corrected chi connectivity index (χ1v) is 5.71. The smallest absolute Gasteiger partial charge is 0.433 e. The summed E-state index contributed by atoms with van der Waals surface area (Å²) in [5, 5.41) is 9.02. The zero-order chi connectivity index (χ0) is 14.2. The molecule has 0 radical (unpaired) electrons. The summed E-state index contributed by atoms with van der Waals surface area (Å²) in [5.74, 6) is -1.24. The summed E-state index contributed by atoms with van der Waals surface area (Å²) in [6.45, 7) is 1.77. The molecule has 1 aromatic heterocycles. The van der Waals surface area contributed by atoms with Gasteiger partial charge in [-0.15, -0.1) is 0 Å². The zero-order valence-electron chi connectivity index (χ0n) is 10.1. The van der Waals surface area contributed by atoms with Gasteiger partial charge in [0, 0.05) is 12.2 Å². The second-order valence-electron chi connectivity index (χ2n) is 4.38. The van der Waals surface area contributed by atoms with Crippen LogP contribution in [0.25, 0.3) is 0 Å². The highest BCUT2D eigenvalue weighted by Crippen LogP contribution is 2.30. The average Bonchev–Trinajstić information content (AvgIpc) is 2.75. The molecule has 1 fully saturated rings. The monoisotopic (exact) mass is 275 g/mol. The second kappa shape index (κ2) is 4.67. The first kappa shape index (κ1) is 13.6. The number of alkyl halides is 3. The molecule has 0 aromatic carbocycles. The van der Waals surface area contributed by atoms with Gasteiger partial charge >= 0.3 is 12.1 Å². The fraction of sp³-hybridized carbons (Fsp3) is 0.545. The molecule has 2 heterocycles. The molecule has 1 saturated heterocycles. The van der Waals surface area contributed by atoms with Gasteiger partial charge < -0.3 is 10.0 Å². The molecular weight excluding hydrogens is 263 g/mol. The molecule has 19 heavy (non-hydrogen) atoms. The molecule has 0 unspecified atom stereocenters. The molecule has 1 atom stereocenters. The van der Waals surface area contributed by atoms with Crippen LogP contribution < -0.4 is 4.90 Å². The molecule has 0 aliphatic carbocycles. The Bertz CT molecular complexity index is 504. The van der Waals surface area contributed by atoms with Crippen LogP contribution in [0.1, 0.15) is 24.2 Å². The van der Waals surface area contributed by atoms with Crippen molar-refractivity contribution < 1.29 is 23.1 Å². The Morgan fingerprint density at radius 2 is 2.16 bits per heavy atom. The SMILES string of the molecule is Cc1cc(C(F)(F)F)nc(N2CCC[C@@H]2C(=O)O)n1. The van der Waals surface area contributed by atoms with Gasteiger partial charge in [-0.25, -0.2) is 14.8 Å². The van der Waals surface area contributed by atoms with Crippen LogP contribution in [0.5, 0.6) is 0 Å². The Morgan fingerprint density at radius 1 is 1.47 bits per heavy atom. The lowest BCUT2D eigenvalue weighted by Gasteiger charge is -2.22. The van der Waals surface area contributed by atoms with Crippen molar-refractivity contribution in [2.45, 2.75) is 32.0 Å². The van der Waals surface area contributed by atoms with Crippen molar-refractivity contribution in [3.8, 4) is 0 Å². The van der Waals surface area contributed by atoms with E-state index in [4.69, 9.17) is 5.11 Å². The Balaban J connectivity index is 2.40. The summed E-state index contributed by atoms with van der Waals surface area (Å²) >= 11 is 0. The first-order chi connectivity index (χ1) is 8.79. The third-order valence-electron chi connectivity index (χ3n) is 2.93. The standard InChI is InChI=1S/C11H12F3N3O2/c1-6-5-8(11(12,13)14)16-10(15-6)17-4-2-3-7(17)9(18)19/h5,7H,2-4H2,1H3,(H,18,19)/t7-/m1/s1. The van der Waals surface area contributed by atoms with Crippen molar-refractivity contribution in [1.29, 1.82) is 0 Å². The number of aryl methyl sites for hydroxylation is 1. The van der Waals surface area contributed by atoms with Gasteiger partial charge in [0.15, 0.2) is 0 Å². The molecule has 8 heteroatoms. The normalized spacial score (nSPS) is 19.8. The van der Waals surface area contributed by atoms with Crippen molar-refractivity contribution in [2.75, 3.05) is 11.4 Å². The van der Waals surface area contributed by atoms with Crippen LogP contribution in [0.2, 0.25) is 0 Å². The van der Waals surface area contributed by atoms with Gasteiger partial charge in [-0.2, -0.15) is 13.2 Å². The number of aliphatic carboxylic acids is 1. The largest absolute Gasteiger partial charge is 0.480 e. The number of rotatable bonds is 2. The van der Waals surface area contributed by atoms with Crippen molar-refractivity contribution in [3.63, 3.8) is 0 Å². The van der Waals surface area contributed by atoms with Gasteiger partial charge in [-0.05, 0) is 25.8 Å². The number of hydrogen-bond acceptors (Lipinski definition) is 4. The van der Waals surface area contributed by atoms with Gasteiger partial charge in [0.1, 0.15) is 11.7 Å². The van der Waals surface area contributed by atoms with Gasteiger partial charge in [0.2, 0.25) is 5.95 Å². The zero-order valence-corrected chi connectivity index (χ0v) is 10.1. The number of halogens is 3. The quantitative estimate of drug-likeness (QED) is 0.892. The van der Waals surface area contributed by atoms with Crippen LogP contribution >= 0.6 is 0 Å². The van der Waals surface area contributed by atoms with E-state index in [1.54, 1.807) is 0 Å². The van der Waals surface area contributed by atoms with Crippen molar-refractivity contribution in [1.82, 2.24) is 9.97 Å². The number of nitrogens with zero attached hydrogens (tertiary/aromatic N) is 3. The van der Waals surface area contributed by atoms with Crippen molar-refractivity contribution in [2.24, 2.45) is 0 Å². The van der Waals surface area contributed by atoms with E-state index in [0.717, 1.165) is 6.07 Å². The maximum atomic E-state index is 12.7. The van der Waals surface area contributed by atoms with Gasteiger partial charge in [-0.3, -0.25) is 0 Å². The lowest BCUT2D eigenvalue weighted by molar-refractivity contribution is -0.141. The lowest BCUT2D eigenvalue weighted by atomic mass is 10.2. The van der Waals surface area contributed by atoms with Crippen LogP contribution in [0, 0.1) is 6.92 Å². The van der Waals surface area contributed by atoms with Crippen molar-refractivity contribution >= 4 is 11.9 Å². The van der Waals surface area contributed by atoms with E-state index >= 15 is 0 Å². The van der Waals surface area contributed by atoms with E-state index in [1.165, 1.54) is 11.8 Å². The predicted molar refractivity (Wildman–Crippen MR) is 59.8 cm³/mol. The number of aromatic nitrogens is 2. The summed E-state index contributed by atoms with van der Waals surface area (Å²) in [6, 6.07) is -0.0158. The summed E-state index contributed by atoms with van der Waals surface area (Å²) in [5.41, 5.74) is -0.889. The molecular formula is C11H12F3N3O2. The van der Waals surface area contributed by atoms with Crippen LogP contribution in [0.4, 0.5) is 19.1 Å².